The van der Waals surface area contributed by atoms with E-state index in [0.717, 1.165) is 14.2 Å². The van der Waals surface area contributed by atoms with Gasteiger partial charge in [0, 0.05) is 51.1 Å². The van der Waals surface area contributed by atoms with Crippen LogP contribution in [0.1, 0.15) is 30.7 Å². The molecule has 0 saturated carbocycles. The first-order chi connectivity index (χ1) is 14.6. The molecule has 0 aliphatic heterocycles. The van der Waals surface area contributed by atoms with E-state index in [9.17, 15) is 0 Å². The van der Waals surface area contributed by atoms with E-state index in [1.54, 1.807) is 42.7 Å². The van der Waals surface area contributed by atoms with Crippen molar-refractivity contribution in [2.75, 3.05) is 28.4 Å². The molecule has 10 heteroatoms. The maximum Gasteiger partial charge on any atom is 0.338 e. The smallest absolute Gasteiger partial charge is 0.338 e. The summed E-state index contributed by atoms with van der Waals surface area (Å²) in [5, 5.41) is 1.75. The molecule has 0 N–H and O–H groups in total. The molecular weight excluding hydrogens is 456 g/mol. The normalized spacial score (nSPS) is 17.7. The van der Waals surface area contributed by atoms with Gasteiger partial charge in [-0.25, -0.2) is 0 Å². The molecule has 0 amide bonds. The Labute approximate surface area is 190 Å². The predicted molar refractivity (Wildman–Crippen MR) is 117 cm³/mol. The van der Waals surface area contributed by atoms with Gasteiger partial charge in [0.1, 0.15) is 12.2 Å². The zero-order chi connectivity index (χ0) is 23.7. The largest absolute Gasteiger partial charge is 0.376 e. The highest BCUT2D eigenvalue weighted by atomic mass is 32.1. The highest BCUT2D eigenvalue weighted by Crippen LogP contribution is 2.46. The Hall–Kier alpha value is -0.910. The molecule has 1 heterocycles. The predicted octanol–water partition coefficient (Wildman–Crippen LogP) is 5.92. The molecule has 4 nitrogen and oxygen atoms in total. The van der Waals surface area contributed by atoms with Crippen LogP contribution in [0, 0.1) is 0 Å². The van der Waals surface area contributed by atoms with E-state index in [4.69, 9.17) is 18.9 Å². The molecular formula is C21H30F4O4S2. The monoisotopic (exact) mass is 486 g/mol. The van der Waals surface area contributed by atoms with Gasteiger partial charge in [-0.05, 0) is 18.4 Å². The summed E-state index contributed by atoms with van der Waals surface area (Å²) in [6.45, 7) is 1.76. The second-order valence-corrected chi connectivity index (χ2v) is 8.24. The van der Waals surface area contributed by atoms with Crippen LogP contribution in [0.4, 0.5) is 17.6 Å². The number of hydrogen-bond donors (Lipinski definition) is 1. The maximum absolute atomic E-state index is 15.1. The fourth-order valence-electron chi connectivity index (χ4n) is 3.05. The number of methoxy groups -OCH3 is 4. The highest BCUT2D eigenvalue weighted by Gasteiger charge is 2.66. The molecule has 0 aliphatic carbocycles. The molecule has 1 aromatic rings. The number of alkyl halides is 4. The Kier molecular flexibility index (Phi) is 11.8. The molecule has 0 fully saturated rings. The molecule has 0 aliphatic rings. The topological polar surface area (TPSA) is 36.9 Å². The number of rotatable bonds is 14. The molecule has 1 aromatic heterocycles. The van der Waals surface area contributed by atoms with Crippen molar-refractivity contribution in [1.29, 1.82) is 0 Å². The minimum atomic E-state index is -4.55. The van der Waals surface area contributed by atoms with Crippen LogP contribution in [0.5, 0.6) is 0 Å². The maximum atomic E-state index is 15.1. The van der Waals surface area contributed by atoms with E-state index in [1.165, 1.54) is 25.6 Å². The summed E-state index contributed by atoms with van der Waals surface area (Å²) in [6, 6.07) is 3.41. The quantitative estimate of drug-likeness (QED) is 0.201. The van der Waals surface area contributed by atoms with Gasteiger partial charge in [-0.2, -0.15) is 17.6 Å². The van der Waals surface area contributed by atoms with E-state index >= 15 is 17.6 Å². The number of ether oxygens (including phenoxy) is 4. The molecule has 0 aromatic carbocycles. The Balaban J connectivity index is 3.13. The Morgan fingerprint density at radius 2 is 1.58 bits per heavy atom. The third-order valence-electron chi connectivity index (χ3n) is 4.90. The van der Waals surface area contributed by atoms with Gasteiger partial charge in [0.15, 0.2) is 0 Å². The highest BCUT2D eigenvalue weighted by molar-refractivity contribution is 7.84. The Morgan fingerprint density at radius 1 is 1.00 bits per heavy atom. The Bertz CT molecular complexity index is 696. The van der Waals surface area contributed by atoms with Gasteiger partial charge in [0.05, 0.1) is 12.2 Å². The molecule has 0 saturated heterocycles. The summed E-state index contributed by atoms with van der Waals surface area (Å²) in [7, 11) is 4.55. The number of thiol groups is 1. The lowest BCUT2D eigenvalue weighted by molar-refractivity contribution is -0.299. The average Bonchev–Trinajstić information content (AvgIpc) is 3.27. The lowest BCUT2D eigenvalue weighted by Gasteiger charge is -2.38. The molecule has 1 rings (SSSR count). The van der Waals surface area contributed by atoms with Crippen LogP contribution in [0.25, 0.3) is 0 Å². The van der Waals surface area contributed by atoms with Crippen molar-refractivity contribution in [3.63, 3.8) is 0 Å². The SMILES string of the molecule is C/C=C\C=C(/S)C(CC(OC)C(F)(F)C(F)(F)C(CC(OC)c1cccs1)OC)OC. The first-order valence-corrected chi connectivity index (χ1v) is 10.8. The first kappa shape index (κ1) is 28.1. The summed E-state index contributed by atoms with van der Waals surface area (Å²) < 4.78 is 80.5. The van der Waals surface area contributed by atoms with Crippen LogP contribution in [-0.4, -0.2) is 58.6 Å². The Morgan fingerprint density at radius 3 is 2.00 bits per heavy atom. The zero-order valence-electron chi connectivity index (χ0n) is 18.2. The molecule has 4 atom stereocenters. The van der Waals surface area contributed by atoms with Crippen molar-refractivity contribution in [3.8, 4) is 0 Å². The lowest BCUT2D eigenvalue weighted by atomic mass is 9.93. The van der Waals surface area contributed by atoms with Gasteiger partial charge < -0.3 is 18.9 Å². The standard InChI is InChI=1S/C21H30F4O4S2/c1-6-7-9-16(30)14(26-2)12-18(28-4)20(22,23)21(24,25)19(29-5)13-15(27-3)17-10-8-11-31-17/h6-11,14-15,18-19,30H,12-13H2,1-5H3/b7-6-,16-9-. The van der Waals surface area contributed by atoms with Crippen LogP contribution in [0.2, 0.25) is 0 Å². The van der Waals surface area contributed by atoms with E-state index in [-0.39, 0.29) is 0 Å². The molecule has 31 heavy (non-hydrogen) atoms. The molecule has 0 radical (unpaired) electrons. The number of halogens is 4. The molecule has 178 valence electrons. The van der Waals surface area contributed by atoms with E-state index < -0.39 is 49.1 Å². The van der Waals surface area contributed by atoms with Gasteiger partial charge >= 0.3 is 11.8 Å². The summed E-state index contributed by atoms with van der Waals surface area (Å²) in [5.41, 5.74) is 0. The first-order valence-electron chi connectivity index (χ1n) is 9.52. The molecule has 0 spiro atoms. The van der Waals surface area contributed by atoms with Gasteiger partial charge in [-0.1, -0.05) is 24.3 Å². The molecule has 0 bridgehead atoms. The third-order valence-corrected chi connectivity index (χ3v) is 6.30. The second-order valence-electron chi connectivity index (χ2n) is 6.75. The summed E-state index contributed by atoms with van der Waals surface area (Å²) in [6.07, 6.45) is -2.12. The minimum Gasteiger partial charge on any atom is -0.376 e. The minimum absolute atomic E-state index is 0.308. The summed E-state index contributed by atoms with van der Waals surface area (Å²) in [4.78, 5) is 0.947. The summed E-state index contributed by atoms with van der Waals surface area (Å²) in [5.74, 6) is -9.10. The summed E-state index contributed by atoms with van der Waals surface area (Å²) >= 11 is 5.51. The van der Waals surface area contributed by atoms with E-state index in [1.807, 2.05) is 0 Å². The number of hydrogen-bond acceptors (Lipinski definition) is 6. The van der Waals surface area contributed by atoms with Gasteiger partial charge in [0.25, 0.3) is 0 Å². The number of allylic oxidation sites excluding steroid dienone is 3. The van der Waals surface area contributed by atoms with Crippen molar-refractivity contribution in [2.24, 2.45) is 0 Å². The average molecular weight is 487 g/mol. The zero-order valence-corrected chi connectivity index (χ0v) is 19.9. The van der Waals surface area contributed by atoms with Crippen molar-refractivity contribution >= 4 is 24.0 Å². The van der Waals surface area contributed by atoms with Crippen molar-refractivity contribution in [3.05, 3.63) is 45.5 Å². The van der Waals surface area contributed by atoms with Crippen LogP contribution >= 0.6 is 24.0 Å². The van der Waals surface area contributed by atoms with Crippen molar-refractivity contribution in [2.45, 2.75) is 56.0 Å². The molecule has 4 unspecified atom stereocenters. The van der Waals surface area contributed by atoms with Crippen molar-refractivity contribution in [1.82, 2.24) is 0 Å². The third kappa shape index (κ3) is 7.03. The fraction of sp³-hybridized carbons (Fsp3) is 0.619. The van der Waals surface area contributed by atoms with Crippen LogP contribution in [-0.2, 0) is 18.9 Å². The van der Waals surface area contributed by atoms with Gasteiger partial charge in [0.2, 0.25) is 0 Å². The van der Waals surface area contributed by atoms with E-state index in [0.29, 0.717) is 9.78 Å². The van der Waals surface area contributed by atoms with Crippen LogP contribution in [0.3, 0.4) is 0 Å². The fourth-order valence-corrected chi connectivity index (χ4v) is 4.16. The van der Waals surface area contributed by atoms with Gasteiger partial charge in [-0.3, -0.25) is 0 Å². The van der Waals surface area contributed by atoms with E-state index in [2.05, 4.69) is 12.6 Å². The van der Waals surface area contributed by atoms with Crippen LogP contribution < -0.4 is 0 Å². The van der Waals surface area contributed by atoms with Crippen molar-refractivity contribution < 1.29 is 36.5 Å². The van der Waals surface area contributed by atoms with Crippen LogP contribution in [0.15, 0.2) is 40.6 Å². The lowest BCUT2D eigenvalue weighted by Crippen LogP contribution is -2.58. The second kappa shape index (κ2) is 13.0. The number of thiophene rings is 1. The van der Waals surface area contributed by atoms with Gasteiger partial charge in [-0.15, -0.1) is 24.0 Å².